The SMILES string of the molecule is O=C(NC1CC(C(=O)O)C1)c1cc(C2CC2)nc2ccccc12. The van der Waals surface area contributed by atoms with Gasteiger partial charge in [-0.05, 0) is 37.8 Å². The zero-order chi connectivity index (χ0) is 16.0. The van der Waals surface area contributed by atoms with Crippen LogP contribution >= 0.6 is 0 Å². The largest absolute Gasteiger partial charge is 0.481 e. The molecule has 118 valence electrons. The molecule has 2 aromatic rings. The van der Waals surface area contributed by atoms with Crippen molar-refractivity contribution in [2.45, 2.75) is 37.6 Å². The highest BCUT2D eigenvalue weighted by atomic mass is 16.4. The Morgan fingerprint density at radius 3 is 2.61 bits per heavy atom. The fourth-order valence-electron chi connectivity index (χ4n) is 3.17. The topological polar surface area (TPSA) is 79.3 Å². The highest BCUT2D eigenvalue weighted by Gasteiger charge is 2.35. The van der Waals surface area contributed by atoms with Crippen LogP contribution in [0.3, 0.4) is 0 Å². The number of pyridine rings is 1. The number of aromatic nitrogens is 1. The molecule has 23 heavy (non-hydrogen) atoms. The van der Waals surface area contributed by atoms with Gasteiger partial charge in [-0.25, -0.2) is 0 Å². The summed E-state index contributed by atoms with van der Waals surface area (Å²) in [4.78, 5) is 28.2. The second-order valence-corrected chi connectivity index (χ2v) is 6.56. The van der Waals surface area contributed by atoms with E-state index in [1.54, 1.807) is 0 Å². The summed E-state index contributed by atoms with van der Waals surface area (Å²) in [7, 11) is 0. The molecule has 2 fully saturated rings. The molecule has 0 atom stereocenters. The first-order valence-corrected chi connectivity index (χ1v) is 8.05. The first-order chi connectivity index (χ1) is 11.1. The number of rotatable bonds is 4. The van der Waals surface area contributed by atoms with E-state index in [0.29, 0.717) is 24.3 Å². The molecule has 0 bridgehead atoms. The number of hydrogen-bond acceptors (Lipinski definition) is 3. The monoisotopic (exact) mass is 310 g/mol. The molecule has 0 aliphatic heterocycles. The predicted molar refractivity (Wildman–Crippen MR) is 85.3 cm³/mol. The Morgan fingerprint density at radius 1 is 1.17 bits per heavy atom. The van der Waals surface area contributed by atoms with Crippen molar-refractivity contribution >= 4 is 22.8 Å². The van der Waals surface area contributed by atoms with E-state index in [-0.39, 0.29) is 17.9 Å². The number of nitrogens with zero attached hydrogens (tertiary/aromatic N) is 1. The second kappa shape index (κ2) is 5.33. The van der Waals surface area contributed by atoms with Crippen LogP contribution in [0.15, 0.2) is 30.3 Å². The minimum absolute atomic E-state index is 0.0418. The molecule has 4 rings (SSSR count). The minimum atomic E-state index is -0.777. The van der Waals surface area contributed by atoms with Crippen molar-refractivity contribution in [3.05, 3.63) is 41.6 Å². The Bertz CT molecular complexity index is 792. The maximum atomic E-state index is 12.6. The molecule has 5 heteroatoms. The van der Waals surface area contributed by atoms with Gasteiger partial charge in [0.1, 0.15) is 0 Å². The number of carbonyl (C=O) groups excluding carboxylic acids is 1. The highest BCUT2D eigenvalue weighted by molar-refractivity contribution is 6.06. The van der Waals surface area contributed by atoms with Gasteiger partial charge in [0, 0.05) is 23.0 Å². The lowest BCUT2D eigenvalue weighted by Crippen LogP contribution is -2.46. The quantitative estimate of drug-likeness (QED) is 0.910. The van der Waals surface area contributed by atoms with Crippen molar-refractivity contribution in [2.75, 3.05) is 0 Å². The summed E-state index contributed by atoms with van der Waals surface area (Å²) in [6.07, 6.45) is 3.30. The average Bonchev–Trinajstić information content (AvgIpc) is 3.33. The Morgan fingerprint density at radius 2 is 1.91 bits per heavy atom. The molecule has 0 unspecified atom stereocenters. The third kappa shape index (κ3) is 2.67. The maximum absolute atomic E-state index is 12.6. The second-order valence-electron chi connectivity index (χ2n) is 6.56. The number of amides is 1. The van der Waals surface area contributed by atoms with Gasteiger partial charge in [0.05, 0.1) is 17.0 Å². The number of fused-ring (bicyclic) bond motifs is 1. The lowest BCUT2D eigenvalue weighted by atomic mass is 9.80. The fraction of sp³-hybridized carbons (Fsp3) is 0.389. The zero-order valence-electron chi connectivity index (χ0n) is 12.7. The summed E-state index contributed by atoms with van der Waals surface area (Å²) in [5.41, 5.74) is 2.49. The number of aliphatic carboxylic acids is 1. The molecule has 1 heterocycles. The molecule has 2 aliphatic carbocycles. The van der Waals surface area contributed by atoms with E-state index in [0.717, 1.165) is 29.4 Å². The average molecular weight is 310 g/mol. The predicted octanol–water partition coefficient (Wildman–Crippen LogP) is 2.71. The number of carbonyl (C=O) groups is 2. The summed E-state index contributed by atoms with van der Waals surface area (Å²) in [6.45, 7) is 0. The number of hydrogen-bond donors (Lipinski definition) is 2. The number of para-hydroxylation sites is 1. The van der Waals surface area contributed by atoms with Crippen molar-refractivity contribution in [3.63, 3.8) is 0 Å². The molecule has 1 aromatic heterocycles. The van der Waals surface area contributed by atoms with Crippen LogP contribution < -0.4 is 5.32 Å². The van der Waals surface area contributed by atoms with Gasteiger partial charge in [0.2, 0.25) is 0 Å². The number of nitrogens with one attached hydrogen (secondary N) is 1. The van der Waals surface area contributed by atoms with E-state index in [4.69, 9.17) is 5.11 Å². The van der Waals surface area contributed by atoms with Gasteiger partial charge >= 0.3 is 5.97 Å². The Kier molecular flexibility index (Phi) is 3.29. The van der Waals surface area contributed by atoms with Crippen molar-refractivity contribution in [2.24, 2.45) is 5.92 Å². The van der Waals surface area contributed by atoms with Crippen LogP contribution in [0.1, 0.15) is 47.7 Å². The first kappa shape index (κ1) is 14.2. The number of benzene rings is 1. The highest BCUT2D eigenvalue weighted by Crippen LogP contribution is 2.40. The Balaban J connectivity index is 1.60. The van der Waals surface area contributed by atoms with Gasteiger partial charge in [-0.3, -0.25) is 14.6 Å². The smallest absolute Gasteiger partial charge is 0.306 e. The fourth-order valence-corrected chi connectivity index (χ4v) is 3.17. The van der Waals surface area contributed by atoms with Gasteiger partial charge < -0.3 is 10.4 Å². The molecule has 1 aromatic carbocycles. The van der Waals surface area contributed by atoms with Crippen molar-refractivity contribution in [3.8, 4) is 0 Å². The van der Waals surface area contributed by atoms with Crippen LogP contribution in [0.5, 0.6) is 0 Å². The van der Waals surface area contributed by atoms with Crippen LogP contribution in [-0.4, -0.2) is 28.0 Å². The molecule has 0 saturated heterocycles. The first-order valence-electron chi connectivity index (χ1n) is 8.05. The van der Waals surface area contributed by atoms with Crippen LogP contribution in [0.4, 0.5) is 0 Å². The van der Waals surface area contributed by atoms with Gasteiger partial charge in [-0.1, -0.05) is 18.2 Å². The van der Waals surface area contributed by atoms with Crippen LogP contribution in [0.25, 0.3) is 10.9 Å². The molecule has 0 radical (unpaired) electrons. The van der Waals surface area contributed by atoms with E-state index < -0.39 is 5.97 Å². The van der Waals surface area contributed by atoms with E-state index in [9.17, 15) is 9.59 Å². The van der Waals surface area contributed by atoms with Crippen LogP contribution in [0, 0.1) is 5.92 Å². The maximum Gasteiger partial charge on any atom is 0.306 e. The Hall–Kier alpha value is -2.43. The third-order valence-electron chi connectivity index (χ3n) is 4.80. The lowest BCUT2D eigenvalue weighted by Gasteiger charge is -2.32. The summed E-state index contributed by atoms with van der Waals surface area (Å²) < 4.78 is 0. The van der Waals surface area contributed by atoms with Crippen LogP contribution in [-0.2, 0) is 4.79 Å². The lowest BCUT2D eigenvalue weighted by molar-refractivity contribution is -0.145. The third-order valence-corrected chi connectivity index (χ3v) is 4.80. The summed E-state index contributed by atoms with van der Waals surface area (Å²) in [6, 6.07) is 9.54. The summed E-state index contributed by atoms with van der Waals surface area (Å²) in [5, 5.41) is 12.7. The molecular weight excluding hydrogens is 292 g/mol. The minimum Gasteiger partial charge on any atom is -0.481 e. The van der Waals surface area contributed by atoms with E-state index in [2.05, 4.69) is 10.3 Å². The standard InChI is InChI=1S/C18H18N2O3/c21-17(19-12-7-11(8-12)18(22)23)14-9-16(10-5-6-10)20-15-4-2-1-3-13(14)15/h1-4,9-12H,5-8H2,(H,19,21)(H,22,23). The van der Waals surface area contributed by atoms with Gasteiger partial charge in [-0.15, -0.1) is 0 Å². The molecule has 2 aliphatic rings. The zero-order valence-corrected chi connectivity index (χ0v) is 12.7. The van der Waals surface area contributed by atoms with Gasteiger partial charge in [-0.2, -0.15) is 0 Å². The molecule has 0 spiro atoms. The van der Waals surface area contributed by atoms with E-state index in [1.807, 2.05) is 30.3 Å². The van der Waals surface area contributed by atoms with Gasteiger partial charge in [0.25, 0.3) is 5.91 Å². The normalized spacial score (nSPS) is 23.3. The van der Waals surface area contributed by atoms with Crippen molar-refractivity contribution < 1.29 is 14.7 Å². The molecule has 5 nitrogen and oxygen atoms in total. The van der Waals surface area contributed by atoms with Crippen molar-refractivity contribution in [1.82, 2.24) is 10.3 Å². The number of carboxylic acid groups (broad SMARTS) is 1. The van der Waals surface area contributed by atoms with Crippen LogP contribution in [0.2, 0.25) is 0 Å². The summed E-state index contributed by atoms with van der Waals surface area (Å²) >= 11 is 0. The molecule has 1 amide bonds. The van der Waals surface area contributed by atoms with Crippen molar-refractivity contribution in [1.29, 1.82) is 0 Å². The number of carboxylic acids is 1. The molecule has 2 N–H and O–H groups in total. The van der Waals surface area contributed by atoms with Gasteiger partial charge in [0.15, 0.2) is 0 Å². The summed E-state index contributed by atoms with van der Waals surface area (Å²) in [5.74, 6) is -0.747. The molecule has 2 saturated carbocycles. The Labute approximate surface area is 133 Å². The molecular formula is C18H18N2O3. The van der Waals surface area contributed by atoms with E-state index in [1.165, 1.54) is 0 Å². The van der Waals surface area contributed by atoms with E-state index >= 15 is 0 Å².